The number of nitrogens with two attached hydrogens (primary N) is 1. The molecular formula is C54H100NO8P. The van der Waals surface area contributed by atoms with Gasteiger partial charge in [0.15, 0.2) is 6.10 Å². The van der Waals surface area contributed by atoms with Gasteiger partial charge in [-0.15, -0.1) is 0 Å². The molecule has 0 saturated heterocycles. The molecule has 0 aliphatic carbocycles. The lowest BCUT2D eigenvalue weighted by atomic mass is 10.0. The van der Waals surface area contributed by atoms with Gasteiger partial charge in [0, 0.05) is 19.4 Å². The van der Waals surface area contributed by atoms with E-state index >= 15 is 0 Å². The summed E-state index contributed by atoms with van der Waals surface area (Å²) in [7, 11) is -4.39. The van der Waals surface area contributed by atoms with E-state index in [9.17, 15) is 19.0 Å². The van der Waals surface area contributed by atoms with Crippen molar-refractivity contribution in [2.24, 2.45) is 5.73 Å². The standard InChI is InChI=1S/C54H100NO8P/c1-3-5-7-9-11-13-15-17-19-21-23-24-25-26-27-29-30-32-34-36-38-40-42-44-46-53(56)60-50-52(51-62-64(58,59)61-49-48-55)63-54(57)47-45-43-41-39-37-35-33-31-28-22-20-18-16-14-12-10-8-6-4-2/h6,8,12,14,18,20,28,31,52H,3-5,7,9-11,13,15-17,19,21-27,29-30,32-51,55H2,1-2H3,(H,58,59)/b8-6-,14-12-,20-18-,31-28-. The van der Waals surface area contributed by atoms with Crippen LogP contribution in [0.5, 0.6) is 0 Å². The van der Waals surface area contributed by atoms with Crippen molar-refractivity contribution in [1.29, 1.82) is 0 Å². The molecule has 2 atom stereocenters. The van der Waals surface area contributed by atoms with E-state index in [1.807, 2.05) is 0 Å². The quantitative estimate of drug-likeness (QED) is 0.0265. The molecule has 0 rings (SSSR count). The average molecular weight is 922 g/mol. The van der Waals surface area contributed by atoms with Crippen molar-refractivity contribution in [3.63, 3.8) is 0 Å². The number of hydrogen-bond donors (Lipinski definition) is 2. The van der Waals surface area contributed by atoms with Crippen molar-refractivity contribution in [3.8, 4) is 0 Å². The third kappa shape index (κ3) is 49.4. The number of carbonyl (C=O) groups excluding carboxylic acids is 2. The van der Waals surface area contributed by atoms with E-state index in [0.29, 0.717) is 6.42 Å². The summed E-state index contributed by atoms with van der Waals surface area (Å²) in [6.07, 6.45) is 60.1. The number of ether oxygens (including phenoxy) is 2. The molecule has 2 unspecified atom stereocenters. The highest BCUT2D eigenvalue weighted by Gasteiger charge is 2.26. The van der Waals surface area contributed by atoms with Crippen molar-refractivity contribution in [1.82, 2.24) is 0 Å². The number of allylic oxidation sites excluding steroid dienone is 8. The molecule has 9 nitrogen and oxygen atoms in total. The van der Waals surface area contributed by atoms with Gasteiger partial charge < -0.3 is 20.1 Å². The average Bonchev–Trinajstić information content (AvgIpc) is 3.28. The Bertz CT molecular complexity index is 1190. The second-order valence-electron chi connectivity index (χ2n) is 17.7. The van der Waals surface area contributed by atoms with Crippen molar-refractivity contribution in [3.05, 3.63) is 48.6 Å². The van der Waals surface area contributed by atoms with Crippen LogP contribution in [0.1, 0.15) is 251 Å². The van der Waals surface area contributed by atoms with E-state index < -0.39 is 26.5 Å². The molecule has 0 radical (unpaired) electrons. The van der Waals surface area contributed by atoms with Crippen molar-refractivity contribution < 1.29 is 37.6 Å². The molecule has 3 N–H and O–H groups in total. The Morgan fingerprint density at radius 2 is 0.859 bits per heavy atom. The first-order chi connectivity index (χ1) is 31.3. The minimum atomic E-state index is -4.39. The van der Waals surface area contributed by atoms with Crippen LogP contribution < -0.4 is 5.73 Å². The number of esters is 2. The highest BCUT2D eigenvalue weighted by atomic mass is 31.2. The van der Waals surface area contributed by atoms with Gasteiger partial charge in [0.05, 0.1) is 13.2 Å². The molecule has 0 aromatic carbocycles. The van der Waals surface area contributed by atoms with E-state index in [1.54, 1.807) is 0 Å². The molecule has 0 aliphatic heterocycles. The lowest BCUT2D eigenvalue weighted by Crippen LogP contribution is -2.29. The molecule has 64 heavy (non-hydrogen) atoms. The van der Waals surface area contributed by atoms with Crippen molar-refractivity contribution in [2.45, 2.75) is 258 Å². The molecule has 0 aromatic rings. The van der Waals surface area contributed by atoms with Crippen LogP contribution in [0.25, 0.3) is 0 Å². The van der Waals surface area contributed by atoms with Crippen LogP contribution in [0.15, 0.2) is 48.6 Å². The summed E-state index contributed by atoms with van der Waals surface area (Å²) in [4.78, 5) is 35.1. The lowest BCUT2D eigenvalue weighted by Gasteiger charge is -2.19. The molecule has 0 amide bonds. The third-order valence-corrected chi connectivity index (χ3v) is 12.5. The number of carbonyl (C=O) groups is 2. The Morgan fingerprint density at radius 3 is 1.28 bits per heavy atom. The van der Waals surface area contributed by atoms with Crippen LogP contribution in [-0.2, 0) is 32.7 Å². The Kier molecular flexibility index (Phi) is 48.8. The summed E-state index contributed by atoms with van der Waals surface area (Å²) < 4.78 is 32.9. The third-order valence-electron chi connectivity index (χ3n) is 11.5. The summed E-state index contributed by atoms with van der Waals surface area (Å²) in [6, 6.07) is 0. The maximum atomic E-state index is 12.7. The Balaban J connectivity index is 4.00. The first kappa shape index (κ1) is 62.0. The molecule has 0 saturated carbocycles. The fourth-order valence-electron chi connectivity index (χ4n) is 7.57. The second kappa shape index (κ2) is 50.4. The van der Waals surface area contributed by atoms with Gasteiger partial charge in [-0.1, -0.05) is 236 Å². The zero-order valence-electron chi connectivity index (χ0n) is 41.5. The van der Waals surface area contributed by atoms with Gasteiger partial charge in [-0.3, -0.25) is 18.6 Å². The first-order valence-corrected chi connectivity index (χ1v) is 28.1. The van der Waals surface area contributed by atoms with Crippen LogP contribution in [0.2, 0.25) is 0 Å². The highest BCUT2D eigenvalue weighted by molar-refractivity contribution is 7.47. The van der Waals surface area contributed by atoms with E-state index in [0.717, 1.165) is 83.5 Å². The van der Waals surface area contributed by atoms with E-state index in [1.165, 1.54) is 135 Å². The molecule has 374 valence electrons. The molecule has 0 spiro atoms. The Morgan fingerprint density at radius 1 is 0.484 bits per heavy atom. The molecule has 0 aliphatic rings. The minimum Gasteiger partial charge on any atom is -0.462 e. The summed E-state index contributed by atoms with van der Waals surface area (Å²) in [5.41, 5.74) is 5.37. The SMILES string of the molecule is CC/C=C\C/C=C\C/C=C\C/C=C\CCCCCCCCC(=O)OC(COC(=O)CCCCCCCCCCCCCCCCCCCCCCCCCC)COP(=O)(O)OCCN. The Labute approximate surface area is 394 Å². The van der Waals surface area contributed by atoms with Gasteiger partial charge >= 0.3 is 19.8 Å². The van der Waals surface area contributed by atoms with Gasteiger partial charge in [0.1, 0.15) is 6.61 Å². The van der Waals surface area contributed by atoms with Crippen LogP contribution in [-0.4, -0.2) is 49.3 Å². The summed E-state index contributed by atoms with van der Waals surface area (Å²) in [5.74, 6) is -0.835. The van der Waals surface area contributed by atoms with E-state index in [2.05, 4.69) is 62.5 Å². The summed E-state index contributed by atoms with van der Waals surface area (Å²) >= 11 is 0. The minimum absolute atomic E-state index is 0.0504. The number of rotatable bonds is 50. The number of unbranched alkanes of at least 4 members (excludes halogenated alkanes) is 29. The predicted octanol–water partition coefficient (Wildman–Crippen LogP) is 16.2. The lowest BCUT2D eigenvalue weighted by molar-refractivity contribution is -0.161. The fourth-order valence-corrected chi connectivity index (χ4v) is 8.33. The monoisotopic (exact) mass is 922 g/mol. The molecule has 10 heteroatoms. The topological polar surface area (TPSA) is 134 Å². The van der Waals surface area contributed by atoms with Gasteiger partial charge in [-0.2, -0.15) is 0 Å². The maximum Gasteiger partial charge on any atom is 0.472 e. The normalized spacial score (nSPS) is 13.5. The van der Waals surface area contributed by atoms with Crippen LogP contribution >= 0.6 is 7.82 Å². The molecule has 0 heterocycles. The van der Waals surface area contributed by atoms with Crippen LogP contribution in [0, 0.1) is 0 Å². The van der Waals surface area contributed by atoms with Crippen LogP contribution in [0.3, 0.4) is 0 Å². The van der Waals surface area contributed by atoms with Crippen LogP contribution in [0.4, 0.5) is 0 Å². The number of hydrogen-bond acceptors (Lipinski definition) is 8. The van der Waals surface area contributed by atoms with Gasteiger partial charge in [0.25, 0.3) is 0 Å². The molecule has 0 bridgehead atoms. The maximum absolute atomic E-state index is 12.7. The van der Waals surface area contributed by atoms with Gasteiger partial charge in [-0.25, -0.2) is 4.57 Å². The van der Waals surface area contributed by atoms with E-state index in [-0.39, 0.29) is 38.6 Å². The number of phosphoric acid groups is 1. The first-order valence-electron chi connectivity index (χ1n) is 26.6. The summed E-state index contributed by atoms with van der Waals surface area (Å²) in [5, 5.41) is 0. The van der Waals surface area contributed by atoms with Crippen molar-refractivity contribution in [2.75, 3.05) is 26.4 Å². The molecule has 0 aromatic heterocycles. The smallest absolute Gasteiger partial charge is 0.462 e. The van der Waals surface area contributed by atoms with Gasteiger partial charge in [-0.05, 0) is 51.4 Å². The zero-order chi connectivity index (χ0) is 46.7. The largest absolute Gasteiger partial charge is 0.472 e. The predicted molar refractivity (Wildman–Crippen MR) is 270 cm³/mol. The zero-order valence-corrected chi connectivity index (χ0v) is 42.4. The highest BCUT2D eigenvalue weighted by Crippen LogP contribution is 2.43. The summed E-state index contributed by atoms with van der Waals surface area (Å²) in [6.45, 7) is 3.64. The van der Waals surface area contributed by atoms with Gasteiger partial charge in [0.2, 0.25) is 0 Å². The Hall–Kier alpha value is -2.03. The number of phosphoric ester groups is 1. The van der Waals surface area contributed by atoms with E-state index in [4.69, 9.17) is 24.3 Å². The second-order valence-corrected chi connectivity index (χ2v) is 19.2. The fraction of sp³-hybridized carbons (Fsp3) is 0.815. The van der Waals surface area contributed by atoms with Crippen molar-refractivity contribution >= 4 is 19.8 Å². The molecule has 0 fully saturated rings. The molecular weight excluding hydrogens is 822 g/mol.